The second kappa shape index (κ2) is 8.48. The second-order valence-corrected chi connectivity index (χ2v) is 11.6. The predicted octanol–water partition coefficient (Wildman–Crippen LogP) is 0.274. The van der Waals surface area contributed by atoms with Crippen LogP contribution in [0.5, 0.6) is 0 Å². The van der Waals surface area contributed by atoms with E-state index in [9.17, 15) is 32.2 Å². The molecule has 0 radical (unpaired) electrons. The van der Waals surface area contributed by atoms with Crippen molar-refractivity contribution in [3.05, 3.63) is 58.6 Å². The number of aliphatic hydroxyl groups excluding tert-OH is 2. The average Bonchev–Trinajstić information content (AvgIpc) is 3.13. The Balaban J connectivity index is 2.04. The Labute approximate surface area is 184 Å². The van der Waals surface area contributed by atoms with Gasteiger partial charge in [-0.3, -0.25) is 0 Å². The summed E-state index contributed by atoms with van der Waals surface area (Å²) in [5.41, 5.74) is -2.16. The lowest BCUT2D eigenvalue weighted by Gasteiger charge is -2.26. The normalized spacial score (nSPS) is 22.4. The van der Waals surface area contributed by atoms with Crippen LogP contribution in [0, 0.1) is 11.3 Å². The number of halogens is 1. The molecule has 3 N–H and O–H groups in total. The van der Waals surface area contributed by atoms with E-state index in [0.29, 0.717) is 5.02 Å². The van der Waals surface area contributed by atoms with E-state index in [2.05, 4.69) is 0 Å². The van der Waals surface area contributed by atoms with Crippen molar-refractivity contribution >= 4 is 31.5 Å². The molecule has 12 heteroatoms. The zero-order valence-corrected chi connectivity index (χ0v) is 18.4. The molecular formula is C19H19ClN2O7S2. The van der Waals surface area contributed by atoms with E-state index in [1.165, 1.54) is 36.4 Å². The number of hydrogen-bond donors (Lipinski definition) is 3. The van der Waals surface area contributed by atoms with Crippen molar-refractivity contribution in [1.29, 1.82) is 5.26 Å². The number of aliphatic hydroxyl groups is 3. The molecule has 0 spiro atoms. The predicted molar refractivity (Wildman–Crippen MR) is 110 cm³/mol. The Morgan fingerprint density at radius 1 is 1.13 bits per heavy atom. The highest BCUT2D eigenvalue weighted by atomic mass is 35.5. The van der Waals surface area contributed by atoms with E-state index in [4.69, 9.17) is 16.9 Å². The molecule has 2 aromatic carbocycles. The monoisotopic (exact) mass is 486 g/mol. The number of hydrogen-bond acceptors (Lipinski definition) is 8. The highest BCUT2D eigenvalue weighted by molar-refractivity contribution is 7.92. The summed E-state index contributed by atoms with van der Waals surface area (Å²) in [5, 5.41) is 37.8. The Morgan fingerprint density at radius 2 is 1.77 bits per heavy atom. The maximum Gasteiger partial charge on any atom is 0.243 e. The van der Waals surface area contributed by atoms with Gasteiger partial charge in [-0.15, -0.1) is 0 Å². The van der Waals surface area contributed by atoms with Crippen LogP contribution in [0.2, 0.25) is 5.02 Å². The fourth-order valence-corrected chi connectivity index (χ4v) is 7.38. The number of benzene rings is 2. The van der Waals surface area contributed by atoms with Crippen molar-refractivity contribution in [3.8, 4) is 6.07 Å². The number of β-amino-alcohol motifs (C(OH)–C–C–N with tert-alkyl or cyclic N) is 1. The van der Waals surface area contributed by atoms with E-state index in [1.807, 2.05) is 6.07 Å². The highest BCUT2D eigenvalue weighted by Gasteiger charge is 2.55. The minimum atomic E-state index is -4.36. The van der Waals surface area contributed by atoms with Gasteiger partial charge in [0.05, 0.1) is 34.6 Å². The van der Waals surface area contributed by atoms with Gasteiger partial charge in [0.1, 0.15) is 10.9 Å². The third-order valence-corrected chi connectivity index (χ3v) is 9.62. The summed E-state index contributed by atoms with van der Waals surface area (Å²) < 4.78 is 53.4. The zero-order valence-electron chi connectivity index (χ0n) is 16.0. The maximum absolute atomic E-state index is 13.2. The van der Waals surface area contributed by atoms with Crippen LogP contribution in [0.15, 0.2) is 52.3 Å². The molecule has 166 valence electrons. The Hall–Kier alpha value is -2.04. The van der Waals surface area contributed by atoms with Crippen molar-refractivity contribution in [2.45, 2.75) is 27.2 Å². The average molecular weight is 487 g/mol. The van der Waals surface area contributed by atoms with Crippen LogP contribution in [-0.2, 0) is 26.5 Å². The third kappa shape index (κ3) is 4.20. The minimum Gasteiger partial charge on any atom is -0.393 e. The molecule has 2 atom stereocenters. The van der Waals surface area contributed by atoms with Gasteiger partial charge in [-0.25, -0.2) is 16.8 Å². The quantitative estimate of drug-likeness (QED) is 0.525. The second-order valence-electron chi connectivity index (χ2n) is 7.14. The smallest absolute Gasteiger partial charge is 0.243 e. The molecule has 0 aliphatic carbocycles. The summed E-state index contributed by atoms with van der Waals surface area (Å²) in [6.07, 6.45) is 0. The fourth-order valence-electron chi connectivity index (χ4n) is 3.50. The topological polar surface area (TPSA) is 156 Å². The van der Waals surface area contributed by atoms with Crippen molar-refractivity contribution in [2.24, 2.45) is 0 Å². The molecule has 0 aromatic heterocycles. The lowest BCUT2D eigenvalue weighted by molar-refractivity contribution is 0.00159. The molecule has 1 aliphatic rings. The molecule has 31 heavy (non-hydrogen) atoms. The minimum absolute atomic E-state index is 0.0457. The van der Waals surface area contributed by atoms with Crippen LogP contribution in [0.25, 0.3) is 0 Å². The molecule has 1 fully saturated rings. The van der Waals surface area contributed by atoms with Crippen LogP contribution in [-0.4, -0.2) is 67.0 Å². The molecule has 2 aromatic rings. The van der Waals surface area contributed by atoms with Gasteiger partial charge >= 0.3 is 0 Å². The summed E-state index contributed by atoms with van der Waals surface area (Å²) >= 11 is 5.79. The fraction of sp³-hybridized carbons (Fsp3) is 0.316. The Bertz CT molecular complexity index is 1240. The summed E-state index contributed by atoms with van der Waals surface area (Å²) in [4.78, 5) is -0.499. The first-order valence-corrected chi connectivity index (χ1v) is 12.3. The summed E-state index contributed by atoms with van der Waals surface area (Å²) in [7, 11) is -8.61. The molecule has 0 saturated carbocycles. The van der Waals surface area contributed by atoms with Crippen molar-refractivity contribution in [1.82, 2.24) is 4.31 Å². The number of sulfonamides is 1. The van der Waals surface area contributed by atoms with Gasteiger partial charge in [0.2, 0.25) is 10.0 Å². The van der Waals surface area contributed by atoms with Gasteiger partial charge in [-0.05, 0) is 48.0 Å². The van der Waals surface area contributed by atoms with Gasteiger partial charge in [-0.1, -0.05) is 11.6 Å². The van der Waals surface area contributed by atoms with Crippen LogP contribution >= 0.6 is 11.6 Å². The van der Waals surface area contributed by atoms with Crippen LogP contribution in [0.1, 0.15) is 11.1 Å². The number of nitrogens with zero attached hydrogens (tertiary/aromatic N) is 2. The summed E-state index contributed by atoms with van der Waals surface area (Å²) in [6.45, 7) is -2.95. The first-order valence-electron chi connectivity index (χ1n) is 8.96. The maximum atomic E-state index is 13.2. The van der Waals surface area contributed by atoms with E-state index in [0.717, 1.165) is 10.4 Å². The molecule has 0 amide bonds. The van der Waals surface area contributed by atoms with E-state index in [1.54, 1.807) is 0 Å². The van der Waals surface area contributed by atoms with Crippen molar-refractivity contribution < 1.29 is 32.2 Å². The number of nitriles is 1. The molecule has 0 bridgehead atoms. The molecule has 1 aliphatic heterocycles. The molecule has 1 heterocycles. The zero-order chi connectivity index (χ0) is 23.0. The molecule has 0 unspecified atom stereocenters. The lowest BCUT2D eigenvalue weighted by atomic mass is 10.1. The molecule has 3 rings (SSSR count). The van der Waals surface area contributed by atoms with E-state index < -0.39 is 57.0 Å². The van der Waals surface area contributed by atoms with Gasteiger partial charge < -0.3 is 15.3 Å². The SMILES string of the molecule is N#Cc1ccc(S(=O)(=O)N2C[C@H](S(=O)(=O)c3ccc(Cl)cc3)[C@](O)(CO)C2)c(CO)c1. The van der Waals surface area contributed by atoms with Gasteiger partial charge in [0.15, 0.2) is 9.84 Å². The largest absolute Gasteiger partial charge is 0.393 e. The van der Waals surface area contributed by atoms with Gasteiger partial charge in [-0.2, -0.15) is 9.57 Å². The van der Waals surface area contributed by atoms with Crippen molar-refractivity contribution in [2.75, 3.05) is 19.7 Å². The molecule has 9 nitrogen and oxygen atoms in total. The van der Waals surface area contributed by atoms with Gasteiger partial charge in [0.25, 0.3) is 0 Å². The standard InChI is InChI=1S/C19H19ClN2O7S2/c20-15-2-4-16(5-3-15)30(26,27)18-9-22(11-19(18,25)12-24)31(28,29)17-6-1-13(8-21)7-14(17)10-23/h1-7,18,23-25H,9-12H2/t18-,19+/m0/s1. The molecule has 1 saturated heterocycles. The number of rotatable bonds is 6. The first-order chi connectivity index (χ1) is 14.5. The van der Waals surface area contributed by atoms with E-state index >= 15 is 0 Å². The van der Waals surface area contributed by atoms with E-state index in [-0.39, 0.29) is 20.9 Å². The third-order valence-electron chi connectivity index (χ3n) is 5.19. The summed E-state index contributed by atoms with van der Waals surface area (Å²) in [5.74, 6) is 0. The lowest BCUT2D eigenvalue weighted by Crippen LogP contribution is -2.49. The highest BCUT2D eigenvalue weighted by Crippen LogP contribution is 2.35. The first kappa shape index (κ1) is 23.6. The summed E-state index contributed by atoms with van der Waals surface area (Å²) in [6, 6.07) is 10.6. The van der Waals surface area contributed by atoms with Crippen LogP contribution < -0.4 is 0 Å². The van der Waals surface area contributed by atoms with Crippen LogP contribution in [0.3, 0.4) is 0 Å². The molecular weight excluding hydrogens is 468 g/mol. The Morgan fingerprint density at radius 3 is 2.32 bits per heavy atom. The number of sulfone groups is 1. The van der Waals surface area contributed by atoms with Crippen molar-refractivity contribution in [3.63, 3.8) is 0 Å². The van der Waals surface area contributed by atoms with Gasteiger partial charge in [0, 0.05) is 18.1 Å². The Kier molecular flexibility index (Phi) is 6.46. The van der Waals surface area contributed by atoms with Crippen LogP contribution in [0.4, 0.5) is 0 Å².